The highest BCUT2D eigenvalue weighted by atomic mass is 19.1. The molecule has 154 valence electrons. The fraction of sp³-hybridized carbons (Fsp3) is 0.476. The van der Waals surface area contributed by atoms with Gasteiger partial charge in [0.15, 0.2) is 0 Å². The molecule has 0 unspecified atom stereocenters. The van der Waals surface area contributed by atoms with Crippen molar-refractivity contribution in [2.75, 3.05) is 6.54 Å². The third-order valence-corrected chi connectivity index (χ3v) is 5.99. The summed E-state index contributed by atoms with van der Waals surface area (Å²) in [6.45, 7) is 5.06. The summed E-state index contributed by atoms with van der Waals surface area (Å²) in [6.07, 6.45) is 4.90. The van der Waals surface area contributed by atoms with E-state index in [-0.39, 0.29) is 29.6 Å². The van der Waals surface area contributed by atoms with E-state index in [0.29, 0.717) is 25.2 Å². The maximum Gasteiger partial charge on any atom is 0.246 e. The second-order valence-corrected chi connectivity index (χ2v) is 7.94. The zero-order valence-corrected chi connectivity index (χ0v) is 16.6. The van der Waals surface area contributed by atoms with Crippen LogP contribution in [0.4, 0.5) is 4.39 Å². The summed E-state index contributed by atoms with van der Waals surface area (Å²) in [5.41, 5.74) is 1.31. The highest BCUT2D eigenvalue weighted by Crippen LogP contribution is 2.26. The predicted molar refractivity (Wildman–Crippen MR) is 106 cm³/mol. The number of aromatic nitrogens is 2. The Hall–Kier alpha value is -2.74. The van der Waals surface area contributed by atoms with Gasteiger partial charge < -0.3 is 15.5 Å². The van der Waals surface area contributed by atoms with E-state index in [1.807, 2.05) is 13.8 Å². The van der Waals surface area contributed by atoms with Crippen LogP contribution in [0, 0.1) is 11.7 Å². The second kappa shape index (κ2) is 7.94. The van der Waals surface area contributed by atoms with Gasteiger partial charge in [0.25, 0.3) is 0 Å². The van der Waals surface area contributed by atoms with Gasteiger partial charge in [-0.1, -0.05) is 32.4 Å². The van der Waals surface area contributed by atoms with Crippen molar-refractivity contribution in [3.8, 4) is 5.69 Å². The third-order valence-electron chi connectivity index (χ3n) is 5.99. The molecule has 0 bridgehead atoms. The molecule has 2 fully saturated rings. The Kier molecular flexibility index (Phi) is 5.36. The average Bonchev–Trinajstić information content (AvgIpc) is 3.36. The van der Waals surface area contributed by atoms with Gasteiger partial charge in [-0.3, -0.25) is 9.59 Å². The van der Waals surface area contributed by atoms with E-state index in [0.717, 1.165) is 12.0 Å². The molecular weight excluding hydrogens is 373 g/mol. The standard InChI is InChI=1S/C21H26FN5O2/c1-3-13(2)19-21(29)26-12-15(8-18(26)20(28)25-19)23-9-14-10-24-27(11-14)17-7-5-4-6-16(17)22/h4-7,10-11,13,15,18-19,23H,3,8-9,12H2,1-2H3,(H,25,28)/t13-,15-,18-,19-/m0/s1. The van der Waals surface area contributed by atoms with Crippen LogP contribution in [0.2, 0.25) is 0 Å². The highest BCUT2D eigenvalue weighted by Gasteiger charge is 2.47. The molecular formula is C21H26FN5O2. The van der Waals surface area contributed by atoms with Gasteiger partial charge >= 0.3 is 0 Å². The lowest BCUT2D eigenvalue weighted by molar-refractivity contribution is -0.148. The van der Waals surface area contributed by atoms with Crippen LogP contribution in [0.15, 0.2) is 36.7 Å². The second-order valence-electron chi connectivity index (χ2n) is 7.94. The summed E-state index contributed by atoms with van der Waals surface area (Å²) in [4.78, 5) is 27.0. The first-order chi connectivity index (χ1) is 14.0. The van der Waals surface area contributed by atoms with Gasteiger partial charge in [-0.15, -0.1) is 0 Å². The number of amides is 2. The minimum atomic E-state index is -0.429. The molecule has 0 saturated carbocycles. The van der Waals surface area contributed by atoms with E-state index >= 15 is 0 Å². The van der Waals surface area contributed by atoms with E-state index in [1.165, 1.54) is 10.7 Å². The van der Waals surface area contributed by atoms with E-state index in [2.05, 4.69) is 15.7 Å². The molecule has 2 amide bonds. The lowest BCUT2D eigenvalue weighted by Gasteiger charge is -2.36. The molecule has 2 N–H and O–H groups in total. The zero-order chi connectivity index (χ0) is 20.5. The zero-order valence-electron chi connectivity index (χ0n) is 16.6. The first kappa shape index (κ1) is 19.6. The number of nitrogens with one attached hydrogen (secondary N) is 2. The van der Waals surface area contributed by atoms with E-state index in [4.69, 9.17) is 0 Å². The number of rotatable bonds is 6. The van der Waals surface area contributed by atoms with Gasteiger partial charge in [0.05, 0.1) is 6.20 Å². The SMILES string of the molecule is CC[C@H](C)[C@@H]1NC(=O)[C@@H]2C[C@H](NCc3cnn(-c4ccccc4F)c3)CN2C1=O. The third kappa shape index (κ3) is 3.76. The van der Waals surface area contributed by atoms with Crippen molar-refractivity contribution in [3.05, 3.63) is 48.0 Å². The lowest BCUT2D eigenvalue weighted by atomic mass is 9.95. The number of hydrogen-bond donors (Lipinski definition) is 2. The molecule has 8 heteroatoms. The summed E-state index contributed by atoms with van der Waals surface area (Å²) >= 11 is 0. The summed E-state index contributed by atoms with van der Waals surface area (Å²) in [6, 6.07) is 5.68. The van der Waals surface area contributed by atoms with E-state index in [1.54, 1.807) is 35.5 Å². The van der Waals surface area contributed by atoms with Crippen molar-refractivity contribution < 1.29 is 14.0 Å². The molecule has 0 spiro atoms. The normalized spacial score (nSPS) is 25.1. The molecule has 0 aliphatic carbocycles. The monoisotopic (exact) mass is 399 g/mol. The van der Waals surface area contributed by atoms with Crippen molar-refractivity contribution in [1.82, 2.24) is 25.3 Å². The van der Waals surface area contributed by atoms with E-state index < -0.39 is 12.1 Å². The Morgan fingerprint density at radius 1 is 1.34 bits per heavy atom. The van der Waals surface area contributed by atoms with Crippen LogP contribution in [0.25, 0.3) is 5.69 Å². The van der Waals surface area contributed by atoms with Gasteiger partial charge in [-0.05, 0) is 24.5 Å². The Balaban J connectivity index is 1.38. The minimum Gasteiger partial charge on any atom is -0.342 e. The largest absolute Gasteiger partial charge is 0.342 e. The molecule has 2 saturated heterocycles. The average molecular weight is 399 g/mol. The number of halogens is 1. The van der Waals surface area contributed by atoms with Crippen LogP contribution in [0.1, 0.15) is 32.3 Å². The number of para-hydroxylation sites is 1. The number of fused-ring (bicyclic) bond motifs is 1. The summed E-state index contributed by atoms with van der Waals surface area (Å²) in [7, 11) is 0. The number of carbonyl (C=O) groups is 2. The Labute approximate surface area is 169 Å². The molecule has 2 aromatic rings. The van der Waals surface area contributed by atoms with Crippen LogP contribution >= 0.6 is 0 Å². The summed E-state index contributed by atoms with van der Waals surface area (Å²) in [5.74, 6) is -0.265. The van der Waals surface area contributed by atoms with Crippen molar-refractivity contribution in [2.45, 2.75) is 51.4 Å². The van der Waals surface area contributed by atoms with Gasteiger partial charge in [0, 0.05) is 30.9 Å². The fourth-order valence-electron chi connectivity index (χ4n) is 4.07. The molecule has 29 heavy (non-hydrogen) atoms. The number of hydrogen-bond acceptors (Lipinski definition) is 4. The molecule has 2 aliphatic rings. The van der Waals surface area contributed by atoms with Crippen LogP contribution < -0.4 is 10.6 Å². The Morgan fingerprint density at radius 3 is 2.90 bits per heavy atom. The quantitative estimate of drug-likeness (QED) is 0.774. The predicted octanol–water partition coefficient (Wildman–Crippen LogP) is 1.61. The van der Waals surface area contributed by atoms with Gasteiger partial charge in [0.2, 0.25) is 11.8 Å². The minimum absolute atomic E-state index is 0.0145. The van der Waals surface area contributed by atoms with Crippen LogP contribution in [0.5, 0.6) is 0 Å². The molecule has 4 atom stereocenters. The van der Waals surface area contributed by atoms with Gasteiger partial charge in [0.1, 0.15) is 23.6 Å². The van der Waals surface area contributed by atoms with Crippen LogP contribution in [-0.4, -0.2) is 51.2 Å². The fourth-order valence-corrected chi connectivity index (χ4v) is 4.07. The molecule has 0 radical (unpaired) electrons. The van der Waals surface area contributed by atoms with Crippen molar-refractivity contribution in [2.24, 2.45) is 5.92 Å². The number of piperazine rings is 1. The topological polar surface area (TPSA) is 79.3 Å². The molecule has 2 aliphatic heterocycles. The van der Waals surface area contributed by atoms with Crippen LogP contribution in [-0.2, 0) is 16.1 Å². The van der Waals surface area contributed by atoms with Crippen molar-refractivity contribution >= 4 is 11.8 Å². The number of benzene rings is 1. The van der Waals surface area contributed by atoms with Gasteiger partial charge in [-0.25, -0.2) is 9.07 Å². The first-order valence-electron chi connectivity index (χ1n) is 10.1. The smallest absolute Gasteiger partial charge is 0.246 e. The van der Waals surface area contributed by atoms with Crippen molar-refractivity contribution in [1.29, 1.82) is 0 Å². The van der Waals surface area contributed by atoms with Crippen LogP contribution in [0.3, 0.4) is 0 Å². The maximum atomic E-state index is 13.9. The molecule has 4 rings (SSSR count). The molecule has 1 aromatic carbocycles. The highest BCUT2D eigenvalue weighted by molar-refractivity contribution is 5.97. The summed E-state index contributed by atoms with van der Waals surface area (Å²) < 4.78 is 15.4. The number of carbonyl (C=O) groups excluding carboxylic acids is 2. The Morgan fingerprint density at radius 2 is 2.14 bits per heavy atom. The number of nitrogens with zero attached hydrogens (tertiary/aromatic N) is 3. The summed E-state index contributed by atoms with van der Waals surface area (Å²) in [5, 5.41) is 10.6. The lowest BCUT2D eigenvalue weighted by Crippen LogP contribution is -2.62. The molecule has 3 heterocycles. The molecule has 7 nitrogen and oxygen atoms in total. The van der Waals surface area contributed by atoms with Gasteiger partial charge in [-0.2, -0.15) is 5.10 Å². The Bertz CT molecular complexity index is 914. The molecule has 1 aromatic heterocycles. The van der Waals surface area contributed by atoms with E-state index in [9.17, 15) is 14.0 Å². The van der Waals surface area contributed by atoms with Crippen molar-refractivity contribution in [3.63, 3.8) is 0 Å². The first-order valence-corrected chi connectivity index (χ1v) is 10.1. The maximum absolute atomic E-state index is 13.9.